The number of rotatable bonds is 7. The predicted molar refractivity (Wildman–Crippen MR) is 84.4 cm³/mol. The topological polar surface area (TPSA) is 117 Å². The van der Waals surface area contributed by atoms with E-state index in [1.54, 1.807) is 24.3 Å². The Labute approximate surface area is 135 Å². The zero-order chi connectivity index (χ0) is 16.9. The molecule has 0 amide bonds. The molecule has 23 heavy (non-hydrogen) atoms. The van der Waals surface area contributed by atoms with Gasteiger partial charge >= 0.3 is 5.95 Å². The minimum absolute atomic E-state index is 0.322. The molecule has 0 unspecified atom stereocenters. The second-order valence-corrected chi connectivity index (χ2v) is 6.69. The maximum Gasteiger partial charge on any atom is 0.421 e. The van der Waals surface area contributed by atoms with Crippen molar-refractivity contribution in [3.63, 3.8) is 0 Å². The molecule has 0 atom stereocenters. The summed E-state index contributed by atoms with van der Waals surface area (Å²) in [4.78, 5) is 0. The quantitative estimate of drug-likeness (QED) is 0.272. The molecule has 2 N–H and O–H groups in total. The van der Waals surface area contributed by atoms with Gasteiger partial charge in [-0.05, 0) is 37.1 Å². The Morgan fingerprint density at radius 1 is 1.22 bits per heavy atom. The van der Waals surface area contributed by atoms with Crippen LogP contribution in [0.4, 0.5) is 17.3 Å². The van der Waals surface area contributed by atoms with E-state index in [4.69, 9.17) is 5.73 Å². The molecule has 1 aromatic heterocycles. The first kappa shape index (κ1) is 17.1. The number of anilines is 1. The van der Waals surface area contributed by atoms with Gasteiger partial charge in [0.1, 0.15) is 5.69 Å². The lowest BCUT2D eigenvalue weighted by atomic mass is 10.3. The highest BCUT2D eigenvalue weighted by molar-refractivity contribution is 7.85. The van der Waals surface area contributed by atoms with Crippen LogP contribution < -0.4 is 10.3 Å². The number of benzene rings is 1. The fraction of sp³-hybridized carbons (Fsp3) is 0.357. The van der Waals surface area contributed by atoms with Crippen molar-refractivity contribution >= 4 is 27.4 Å². The van der Waals surface area contributed by atoms with E-state index in [9.17, 15) is 13.0 Å². The van der Waals surface area contributed by atoms with Gasteiger partial charge in [-0.1, -0.05) is 5.11 Å². The van der Waals surface area contributed by atoms with Crippen LogP contribution in [0.1, 0.15) is 12.8 Å². The molecular formula is C14H19N5O3S. The third kappa shape index (κ3) is 5.46. The number of azo groups is 1. The summed E-state index contributed by atoms with van der Waals surface area (Å²) < 4.78 is 35.4. The molecule has 1 aromatic carbocycles. The van der Waals surface area contributed by atoms with E-state index in [0.717, 1.165) is 0 Å². The number of nitrogens with zero attached hydrogens (tertiary/aromatic N) is 4. The molecule has 0 aliphatic rings. The summed E-state index contributed by atoms with van der Waals surface area (Å²) >= 11 is 0. The van der Waals surface area contributed by atoms with E-state index >= 15 is 0 Å². The van der Waals surface area contributed by atoms with Crippen molar-refractivity contribution < 1.29 is 17.5 Å². The molecule has 2 rings (SSSR count). The molecular weight excluding hydrogens is 318 g/mol. The lowest BCUT2D eigenvalue weighted by Gasteiger charge is -2.05. The van der Waals surface area contributed by atoms with Crippen molar-refractivity contribution in [2.45, 2.75) is 19.4 Å². The van der Waals surface area contributed by atoms with E-state index < -0.39 is 10.1 Å². The maximum atomic E-state index is 10.6. The Hall–Kier alpha value is -2.26. The number of aromatic nitrogens is 2. The molecule has 2 aromatic rings. The van der Waals surface area contributed by atoms with Gasteiger partial charge in [0, 0.05) is 16.6 Å². The Morgan fingerprint density at radius 3 is 2.57 bits per heavy atom. The maximum absolute atomic E-state index is 10.6. The molecule has 8 nitrogen and oxygen atoms in total. The standard InChI is InChI=1S/C14H19N5O3S/c1-18-9-10-19(8-2-3-11-23(20,21)22)14(18)17-16-13-6-4-12(15)5-7-13/h4-7,9-10,15H,2-3,8,11H2,1H3,(H,20,21,22). The van der Waals surface area contributed by atoms with Crippen molar-refractivity contribution in [3.8, 4) is 0 Å². The summed E-state index contributed by atoms with van der Waals surface area (Å²) in [5, 5.41) is 8.38. The first-order valence-corrected chi connectivity index (χ1v) is 8.68. The number of nitrogens with two attached hydrogens (primary N) is 1. The summed E-state index contributed by atoms with van der Waals surface area (Å²) in [6, 6.07) is 7.03. The van der Waals surface area contributed by atoms with E-state index in [2.05, 4.69) is 10.2 Å². The number of unbranched alkanes of at least 4 members (excludes halogenated alkanes) is 1. The zero-order valence-corrected chi connectivity index (χ0v) is 13.6. The molecule has 0 spiro atoms. The number of hydrogen-bond acceptors (Lipinski definition) is 6. The monoisotopic (exact) mass is 337 g/mol. The minimum Gasteiger partial charge on any atom is -0.748 e. The van der Waals surface area contributed by atoms with Crippen molar-refractivity contribution in [2.24, 2.45) is 17.3 Å². The van der Waals surface area contributed by atoms with Crippen LogP contribution in [0, 0.1) is 0 Å². The van der Waals surface area contributed by atoms with Gasteiger partial charge in [-0.3, -0.25) is 0 Å². The molecule has 0 aliphatic heterocycles. The second kappa shape index (κ2) is 7.34. The molecule has 0 saturated heterocycles. The third-order valence-corrected chi connectivity index (χ3v) is 4.02. The number of imidazole rings is 1. The van der Waals surface area contributed by atoms with Crippen molar-refractivity contribution in [1.82, 2.24) is 4.57 Å². The van der Waals surface area contributed by atoms with E-state index in [1.165, 1.54) is 0 Å². The van der Waals surface area contributed by atoms with E-state index in [1.807, 2.05) is 28.6 Å². The van der Waals surface area contributed by atoms with Gasteiger partial charge < -0.3 is 10.3 Å². The van der Waals surface area contributed by atoms with Crippen LogP contribution in [0.2, 0.25) is 0 Å². The number of hydrogen-bond donors (Lipinski definition) is 1. The highest BCUT2D eigenvalue weighted by Gasteiger charge is 2.14. The second-order valence-electron chi connectivity index (χ2n) is 5.16. The fourth-order valence-electron chi connectivity index (χ4n) is 2.02. The lowest BCUT2D eigenvalue weighted by molar-refractivity contribution is -0.684. The Morgan fingerprint density at radius 2 is 1.91 bits per heavy atom. The lowest BCUT2D eigenvalue weighted by Crippen LogP contribution is -2.32. The highest BCUT2D eigenvalue weighted by Crippen LogP contribution is 2.17. The summed E-state index contributed by atoms with van der Waals surface area (Å²) in [6.45, 7) is 0.562. The molecule has 0 fully saturated rings. The largest absolute Gasteiger partial charge is 0.748 e. The van der Waals surface area contributed by atoms with E-state index in [0.29, 0.717) is 36.7 Å². The van der Waals surface area contributed by atoms with Gasteiger partial charge in [0.2, 0.25) is 0 Å². The van der Waals surface area contributed by atoms with Crippen LogP contribution in [-0.4, -0.2) is 23.3 Å². The van der Waals surface area contributed by atoms with Gasteiger partial charge in [-0.2, -0.15) is 0 Å². The number of nitrogen functional groups attached to an aromatic ring is 1. The van der Waals surface area contributed by atoms with Crippen molar-refractivity contribution in [2.75, 3.05) is 11.5 Å². The van der Waals surface area contributed by atoms with Crippen LogP contribution in [0.5, 0.6) is 0 Å². The summed E-state index contributed by atoms with van der Waals surface area (Å²) in [5.41, 5.74) is 6.96. The molecule has 0 bridgehead atoms. The van der Waals surface area contributed by atoms with Gasteiger partial charge in [-0.25, -0.2) is 17.6 Å². The van der Waals surface area contributed by atoms with Crippen LogP contribution in [-0.2, 0) is 23.7 Å². The average Bonchev–Trinajstić information content (AvgIpc) is 2.83. The zero-order valence-electron chi connectivity index (χ0n) is 12.8. The summed E-state index contributed by atoms with van der Waals surface area (Å²) in [7, 11) is -2.31. The van der Waals surface area contributed by atoms with Gasteiger partial charge in [0.05, 0.1) is 36.1 Å². The first-order chi connectivity index (χ1) is 10.8. The summed E-state index contributed by atoms with van der Waals surface area (Å²) in [6.07, 6.45) is 4.56. The number of aryl methyl sites for hydroxylation is 2. The third-order valence-electron chi connectivity index (χ3n) is 3.23. The molecule has 0 saturated carbocycles. The SMILES string of the molecule is Cn1cc[n+](CCCCS(=O)(=O)[O-])c1/N=N/c1ccc(N)cc1. The van der Waals surface area contributed by atoms with Crippen LogP contribution in [0.15, 0.2) is 46.9 Å². The fourth-order valence-corrected chi connectivity index (χ4v) is 2.58. The normalized spacial score (nSPS) is 12.1. The predicted octanol–water partition coefficient (Wildman–Crippen LogP) is 1.64. The highest BCUT2D eigenvalue weighted by atomic mass is 32.2. The molecule has 9 heteroatoms. The van der Waals surface area contributed by atoms with Gasteiger partial charge in [0.15, 0.2) is 0 Å². The van der Waals surface area contributed by atoms with E-state index in [-0.39, 0.29) is 5.75 Å². The molecule has 124 valence electrons. The molecule has 1 heterocycles. The van der Waals surface area contributed by atoms with Crippen LogP contribution >= 0.6 is 0 Å². The summed E-state index contributed by atoms with van der Waals surface area (Å²) in [5.74, 6) is 0.287. The Bertz CT molecular complexity index is 781. The van der Waals surface area contributed by atoms with Crippen LogP contribution in [0.25, 0.3) is 0 Å². The van der Waals surface area contributed by atoms with Crippen molar-refractivity contribution in [1.29, 1.82) is 0 Å². The minimum atomic E-state index is -4.15. The first-order valence-electron chi connectivity index (χ1n) is 7.11. The van der Waals surface area contributed by atoms with Crippen molar-refractivity contribution in [3.05, 3.63) is 36.7 Å². The van der Waals surface area contributed by atoms with Gasteiger partial charge in [0.25, 0.3) is 0 Å². The van der Waals surface area contributed by atoms with Crippen LogP contribution in [0.3, 0.4) is 0 Å². The van der Waals surface area contributed by atoms with Gasteiger partial charge in [-0.15, -0.1) is 0 Å². The Kier molecular flexibility index (Phi) is 5.45. The smallest absolute Gasteiger partial charge is 0.421 e. The molecule has 0 aliphatic carbocycles. The average molecular weight is 337 g/mol. The molecule has 0 radical (unpaired) electrons. The Balaban J connectivity index is 2.02.